The average Bonchev–Trinajstić information content (AvgIpc) is 3.12. The zero-order valence-corrected chi connectivity index (χ0v) is 18.6. The quantitative estimate of drug-likeness (QED) is 0.460. The molecule has 0 atom stereocenters. The minimum atomic E-state index is -1.21. The molecule has 166 valence electrons. The zero-order valence-electron chi connectivity index (χ0n) is 16.3. The van der Waals surface area contributed by atoms with Crippen molar-refractivity contribution in [3.63, 3.8) is 0 Å². The maximum atomic E-state index is 13.4. The van der Waals surface area contributed by atoms with Gasteiger partial charge in [0.25, 0.3) is 11.8 Å². The summed E-state index contributed by atoms with van der Waals surface area (Å²) in [5, 5.41) is 11.1. The summed E-state index contributed by atoms with van der Waals surface area (Å²) in [6.07, 6.45) is 1.69. The number of aromatic nitrogens is 3. The summed E-state index contributed by atoms with van der Waals surface area (Å²) >= 11 is 5.78. The van der Waals surface area contributed by atoms with Gasteiger partial charge in [-0.2, -0.15) is 5.10 Å². The van der Waals surface area contributed by atoms with Gasteiger partial charge in [0, 0.05) is 24.5 Å². The maximum Gasteiger partial charge on any atom is 0.269 e. The number of carbonyl (C=O) groups excluding carboxylic acids is 2. The zero-order chi connectivity index (χ0) is 21.1. The number of benzene rings is 1. The van der Waals surface area contributed by atoms with Crippen LogP contribution in [-0.2, 0) is 6.54 Å². The molecule has 0 aliphatic rings. The molecule has 0 fully saturated rings. The minimum Gasteiger partial charge on any atom is -0.347 e. The number of carbonyl (C=O) groups is 2. The third kappa shape index (κ3) is 6.36. The molecule has 0 radical (unpaired) electrons. The summed E-state index contributed by atoms with van der Waals surface area (Å²) in [5.41, 5.74) is 2.59. The number of halogens is 5. The van der Waals surface area contributed by atoms with Crippen LogP contribution in [0.5, 0.6) is 0 Å². The van der Waals surface area contributed by atoms with Gasteiger partial charge < -0.3 is 10.6 Å². The first kappa shape index (κ1) is 26.3. The first-order chi connectivity index (χ1) is 13.7. The Labute approximate surface area is 193 Å². The highest BCUT2D eigenvalue weighted by molar-refractivity contribution is 6.34. The van der Waals surface area contributed by atoms with Crippen molar-refractivity contribution in [1.29, 1.82) is 0 Å². The molecule has 0 aliphatic heterocycles. The third-order valence-electron chi connectivity index (χ3n) is 4.11. The lowest BCUT2D eigenvalue weighted by Gasteiger charge is -2.07. The lowest BCUT2D eigenvalue weighted by atomic mass is 10.1. The largest absolute Gasteiger partial charge is 0.347 e. The highest BCUT2D eigenvalue weighted by atomic mass is 35.5. The van der Waals surface area contributed by atoms with Crippen molar-refractivity contribution < 1.29 is 18.4 Å². The first-order valence-electron chi connectivity index (χ1n) is 8.46. The second kappa shape index (κ2) is 11.0. The van der Waals surface area contributed by atoms with Gasteiger partial charge in [-0.3, -0.25) is 19.7 Å². The molecule has 2 aromatic heterocycles. The Balaban J connectivity index is 0.00000240. The fourth-order valence-electron chi connectivity index (χ4n) is 2.56. The smallest absolute Gasteiger partial charge is 0.269 e. The number of nitrogens with one attached hydrogen (secondary N) is 3. The Morgan fingerprint density at radius 2 is 1.74 bits per heavy atom. The summed E-state index contributed by atoms with van der Waals surface area (Å²) in [6, 6.07) is 4.61. The molecule has 1 aromatic carbocycles. The Kier molecular flexibility index (Phi) is 9.36. The van der Waals surface area contributed by atoms with E-state index in [0.29, 0.717) is 12.1 Å². The van der Waals surface area contributed by atoms with Gasteiger partial charge in [0.15, 0.2) is 17.5 Å². The lowest BCUT2D eigenvalue weighted by Crippen LogP contribution is -2.23. The van der Waals surface area contributed by atoms with E-state index in [4.69, 9.17) is 11.6 Å². The molecular formula is C19H18Cl3F2N5O2. The Morgan fingerprint density at radius 1 is 1.06 bits per heavy atom. The predicted octanol–water partition coefficient (Wildman–Crippen LogP) is 4.38. The van der Waals surface area contributed by atoms with Crippen LogP contribution in [0.1, 0.15) is 37.7 Å². The highest BCUT2D eigenvalue weighted by Gasteiger charge is 2.17. The molecule has 0 unspecified atom stereocenters. The molecule has 0 saturated heterocycles. The van der Waals surface area contributed by atoms with Crippen LogP contribution < -0.4 is 10.6 Å². The van der Waals surface area contributed by atoms with Crippen molar-refractivity contribution in [2.75, 3.05) is 5.32 Å². The van der Waals surface area contributed by atoms with E-state index < -0.39 is 23.4 Å². The minimum absolute atomic E-state index is 0. The molecule has 3 N–H and O–H groups in total. The summed E-state index contributed by atoms with van der Waals surface area (Å²) in [6.45, 7) is 4.07. The molecule has 2 heterocycles. The van der Waals surface area contributed by atoms with E-state index in [1.54, 1.807) is 6.20 Å². The fourth-order valence-corrected chi connectivity index (χ4v) is 2.80. The van der Waals surface area contributed by atoms with Gasteiger partial charge >= 0.3 is 0 Å². The van der Waals surface area contributed by atoms with Crippen LogP contribution in [0.4, 0.5) is 14.6 Å². The third-order valence-corrected chi connectivity index (χ3v) is 4.43. The number of nitrogens with zero attached hydrogens (tertiary/aromatic N) is 2. The number of hydrogen-bond acceptors (Lipinski definition) is 4. The van der Waals surface area contributed by atoms with E-state index in [2.05, 4.69) is 25.8 Å². The Morgan fingerprint density at radius 3 is 2.42 bits per heavy atom. The second-order valence-electron chi connectivity index (χ2n) is 6.30. The number of H-pyrrole nitrogens is 1. The number of aromatic amines is 1. The van der Waals surface area contributed by atoms with Crippen LogP contribution in [0.3, 0.4) is 0 Å². The Bertz CT molecular complexity index is 1110. The van der Waals surface area contributed by atoms with Crippen molar-refractivity contribution >= 4 is 54.0 Å². The molecule has 31 heavy (non-hydrogen) atoms. The molecule has 0 bridgehead atoms. The van der Waals surface area contributed by atoms with Gasteiger partial charge in [-0.15, -0.1) is 24.8 Å². The number of anilines is 1. The lowest BCUT2D eigenvalue weighted by molar-refractivity contribution is 0.0945. The van der Waals surface area contributed by atoms with Gasteiger partial charge in [0.2, 0.25) is 0 Å². The standard InChI is InChI=1S/C19H16ClF2N5O2.2ClH/c1-9-3-10(2)23-7-11(9)8-24-19(29)16-6-17(27-26-16)25-18(28)12-4-14(21)15(22)5-13(12)20;;/h3-7H,8H2,1-2H3,(H,24,29)(H2,25,26,27,28);2*1H. The molecular weight excluding hydrogens is 475 g/mol. The topological polar surface area (TPSA) is 99.8 Å². The molecule has 0 spiro atoms. The number of pyridine rings is 1. The van der Waals surface area contributed by atoms with Crippen LogP contribution in [-0.4, -0.2) is 27.0 Å². The van der Waals surface area contributed by atoms with Crippen LogP contribution in [0.25, 0.3) is 0 Å². The summed E-state index contributed by atoms with van der Waals surface area (Å²) in [7, 11) is 0. The van der Waals surface area contributed by atoms with Crippen molar-refractivity contribution in [2.45, 2.75) is 20.4 Å². The van der Waals surface area contributed by atoms with E-state index in [1.807, 2.05) is 19.9 Å². The molecule has 12 heteroatoms. The van der Waals surface area contributed by atoms with Crippen LogP contribution in [0, 0.1) is 25.5 Å². The summed E-state index contributed by atoms with van der Waals surface area (Å²) in [4.78, 5) is 28.7. The van der Waals surface area contributed by atoms with Crippen molar-refractivity contribution in [3.05, 3.63) is 75.2 Å². The molecule has 0 saturated carbocycles. The number of aryl methyl sites for hydroxylation is 2. The van der Waals surface area contributed by atoms with Gasteiger partial charge in [-0.05, 0) is 43.2 Å². The fraction of sp³-hybridized carbons (Fsp3) is 0.158. The Hall–Kier alpha value is -2.75. The summed E-state index contributed by atoms with van der Waals surface area (Å²) in [5.74, 6) is -3.58. The highest BCUT2D eigenvalue weighted by Crippen LogP contribution is 2.21. The van der Waals surface area contributed by atoms with Crippen LogP contribution in [0.2, 0.25) is 5.02 Å². The van der Waals surface area contributed by atoms with Gasteiger partial charge in [-0.25, -0.2) is 8.78 Å². The number of hydrogen-bond donors (Lipinski definition) is 3. The van der Waals surface area contributed by atoms with E-state index >= 15 is 0 Å². The van der Waals surface area contributed by atoms with Gasteiger partial charge in [0.1, 0.15) is 5.69 Å². The molecule has 7 nitrogen and oxygen atoms in total. The molecule has 0 aliphatic carbocycles. The monoisotopic (exact) mass is 491 g/mol. The normalized spacial score (nSPS) is 9.97. The second-order valence-corrected chi connectivity index (χ2v) is 6.71. The summed E-state index contributed by atoms with van der Waals surface area (Å²) < 4.78 is 26.5. The van der Waals surface area contributed by atoms with Gasteiger partial charge in [0.05, 0.1) is 10.6 Å². The van der Waals surface area contributed by atoms with E-state index in [1.165, 1.54) is 6.07 Å². The predicted molar refractivity (Wildman–Crippen MR) is 117 cm³/mol. The first-order valence-corrected chi connectivity index (χ1v) is 8.84. The van der Waals surface area contributed by atoms with E-state index in [-0.39, 0.29) is 53.5 Å². The van der Waals surface area contributed by atoms with E-state index in [9.17, 15) is 18.4 Å². The average molecular weight is 493 g/mol. The van der Waals surface area contributed by atoms with Crippen molar-refractivity contribution in [3.8, 4) is 0 Å². The van der Waals surface area contributed by atoms with Gasteiger partial charge in [-0.1, -0.05) is 11.6 Å². The van der Waals surface area contributed by atoms with Crippen LogP contribution in [0.15, 0.2) is 30.5 Å². The molecule has 2 amide bonds. The number of amides is 2. The molecule has 3 rings (SSSR count). The van der Waals surface area contributed by atoms with E-state index in [0.717, 1.165) is 16.8 Å². The SMILES string of the molecule is Cc1cc(C)c(CNC(=O)c2cc(NC(=O)c3cc(F)c(F)cc3Cl)n[nH]2)cn1.Cl.Cl. The maximum absolute atomic E-state index is 13.4. The van der Waals surface area contributed by atoms with Crippen molar-refractivity contribution in [1.82, 2.24) is 20.5 Å². The van der Waals surface area contributed by atoms with Crippen molar-refractivity contribution in [2.24, 2.45) is 0 Å². The number of rotatable bonds is 5. The molecule has 3 aromatic rings. The van der Waals surface area contributed by atoms with Crippen LogP contribution >= 0.6 is 36.4 Å².